The molecule has 1 saturated heterocycles. The Balaban J connectivity index is 1.91. The van der Waals surface area contributed by atoms with Gasteiger partial charge in [-0.25, -0.2) is 0 Å². The van der Waals surface area contributed by atoms with Crippen molar-refractivity contribution in [3.05, 3.63) is 0 Å². The van der Waals surface area contributed by atoms with Crippen molar-refractivity contribution in [3.8, 4) is 0 Å². The van der Waals surface area contributed by atoms with Crippen molar-refractivity contribution in [2.75, 3.05) is 13.1 Å². The molecule has 0 spiro atoms. The third kappa shape index (κ3) is 2.97. The zero-order valence-corrected chi connectivity index (χ0v) is 12.8. The Morgan fingerprint density at radius 1 is 1.25 bits per heavy atom. The fraction of sp³-hybridized carbons (Fsp3) is 0.867. The second-order valence-corrected chi connectivity index (χ2v) is 7.26. The first-order valence-corrected chi connectivity index (χ1v) is 7.48. The monoisotopic (exact) mass is 282 g/mol. The second kappa shape index (κ2) is 5.35. The Morgan fingerprint density at radius 3 is 2.45 bits per heavy atom. The predicted molar refractivity (Wildman–Crippen MR) is 75.9 cm³/mol. The summed E-state index contributed by atoms with van der Waals surface area (Å²) in [6, 6.07) is -0.502. The number of nitrogens with one attached hydrogen (secondary N) is 1. The maximum Gasteiger partial charge on any atom is 0.244 e. The van der Waals surface area contributed by atoms with Gasteiger partial charge in [-0.1, -0.05) is 20.8 Å². The summed E-state index contributed by atoms with van der Waals surface area (Å²) in [5.41, 5.74) is -0.494. The van der Waals surface area contributed by atoms with Crippen LogP contribution in [0.3, 0.4) is 0 Å². The van der Waals surface area contributed by atoms with Gasteiger partial charge in [0, 0.05) is 24.4 Å². The van der Waals surface area contributed by atoms with E-state index in [0.717, 1.165) is 19.4 Å². The van der Waals surface area contributed by atoms with Gasteiger partial charge in [-0.3, -0.25) is 9.59 Å². The van der Waals surface area contributed by atoms with Crippen LogP contribution in [-0.4, -0.2) is 47.1 Å². The molecule has 4 atom stereocenters. The van der Waals surface area contributed by atoms with Crippen molar-refractivity contribution in [3.63, 3.8) is 0 Å². The minimum Gasteiger partial charge on any atom is -0.393 e. The quantitative estimate of drug-likeness (QED) is 0.786. The van der Waals surface area contributed by atoms with E-state index in [9.17, 15) is 14.7 Å². The molecule has 1 saturated carbocycles. The Labute approximate surface area is 120 Å². The molecule has 0 aromatic rings. The van der Waals surface area contributed by atoms with Crippen molar-refractivity contribution < 1.29 is 14.7 Å². The van der Waals surface area contributed by atoms with Crippen molar-refractivity contribution in [1.82, 2.24) is 10.2 Å². The van der Waals surface area contributed by atoms with Gasteiger partial charge >= 0.3 is 0 Å². The van der Waals surface area contributed by atoms with Crippen LogP contribution >= 0.6 is 0 Å². The van der Waals surface area contributed by atoms with Gasteiger partial charge in [0.05, 0.1) is 6.10 Å². The summed E-state index contributed by atoms with van der Waals surface area (Å²) in [5.74, 6) is 0.505. The molecule has 1 aliphatic heterocycles. The maximum absolute atomic E-state index is 12.4. The van der Waals surface area contributed by atoms with Crippen molar-refractivity contribution >= 4 is 11.8 Å². The molecule has 2 N–H and O–H groups in total. The number of amides is 2. The number of nitrogens with zero attached hydrogens (tertiary/aromatic N) is 1. The molecule has 2 rings (SSSR count). The lowest BCUT2D eigenvalue weighted by Crippen LogP contribution is -2.49. The molecular formula is C15H26N2O3. The third-order valence-electron chi connectivity index (χ3n) is 4.53. The number of aliphatic hydroxyl groups is 1. The van der Waals surface area contributed by atoms with E-state index in [1.807, 2.05) is 20.8 Å². The average Bonchev–Trinajstić information content (AvgIpc) is 2.89. The van der Waals surface area contributed by atoms with Crippen molar-refractivity contribution in [1.29, 1.82) is 0 Å². The molecule has 20 heavy (non-hydrogen) atoms. The molecule has 0 radical (unpaired) electrons. The van der Waals surface area contributed by atoms with Gasteiger partial charge in [-0.15, -0.1) is 0 Å². The lowest BCUT2D eigenvalue weighted by atomic mass is 9.95. The summed E-state index contributed by atoms with van der Waals surface area (Å²) in [6.07, 6.45) is 1.59. The topological polar surface area (TPSA) is 69.6 Å². The van der Waals surface area contributed by atoms with Crippen LogP contribution in [0.4, 0.5) is 0 Å². The standard InChI is InChI=1S/C15H26N2O3/c1-9(16-14(20)15(2,3)4)13(19)17-7-10-5-6-12(18)11(10)8-17/h9-12,18H,5-8H2,1-4H3,(H,16,20). The van der Waals surface area contributed by atoms with E-state index in [0.29, 0.717) is 12.5 Å². The highest BCUT2D eigenvalue weighted by Gasteiger charge is 2.44. The summed E-state index contributed by atoms with van der Waals surface area (Å²) < 4.78 is 0. The molecule has 0 aromatic heterocycles. The predicted octanol–water partition coefficient (Wildman–Crippen LogP) is 0.766. The average molecular weight is 282 g/mol. The number of hydrogen-bond donors (Lipinski definition) is 2. The van der Waals surface area contributed by atoms with Gasteiger partial charge in [-0.05, 0) is 25.7 Å². The van der Waals surface area contributed by atoms with Crippen LogP contribution in [0.5, 0.6) is 0 Å². The van der Waals surface area contributed by atoms with Gasteiger partial charge in [0.15, 0.2) is 0 Å². The number of carbonyl (C=O) groups is 2. The molecule has 5 nitrogen and oxygen atoms in total. The molecule has 114 valence electrons. The van der Waals surface area contributed by atoms with Crippen LogP contribution < -0.4 is 5.32 Å². The van der Waals surface area contributed by atoms with Crippen LogP contribution in [0.25, 0.3) is 0 Å². The molecule has 0 bridgehead atoms. The highest BCUT2D eigenvalue weighted by molar-refractivity contribution is 5.89. The van der Waals surface area contributed by atoms with Crippen LogP contribution in [-0.2, 0) is 9.59 Å². The third-order valence-corrected chi connectivity index (χ3v) is 4.53. The van der Waals surface area contributed by atoms with Gasteiger partial charge in [0.1, 0.15) is 6.04 Å². The number of hydrogen-bond acceptors (Lipinski definition) is 3. The number of likely N-dealkylation sites (tertiary alicyclic amines) is 1. The summed E-state index contributed by atoms with van der Waals surface area (Å²) in [7, 11) is 0. The zero-order valence-electron chi connectivity index (χ0n) is 12.8. The molecule has 2 amide bonds. The Hall–Kier alpha value is -1.10. The highest BCUT2D eigenvalue weighted by Crippen LogP contribution is 2.38. The second-order valence-electron chi connectivity index (χ2n) is 7.26. The lowest BCUT2D eigenvalue weighted by Gasteiger charge is -2.25. The SMILES string of the molecule is CC(NC(=O)C(C)(C)C)C(=O)N1CC2CCC(O)C2C1. The van der Waals surface area contributed by atoms with Crippen molar-refractivity contribution in [2.24, 2.45) is 17.3 Å². The first-order valence-electron chi connectivity index (χ1n) is 7.48. The van der Waals surface area contributed by atoms with Crippen LogP contribution in [0, 0.1) is 17.3 Å². The van der Waals surface area contributed by atoms with Crippen LogP contribution in [0.15, 0.2) is 0 Å². The fourth-order valence-corrected chi connectivity index (χ4v) is 3.17. The summed E-state index contributed by atoms with van der Waals surface area (Å²) in [6.45, 7) is 8.57. The fourth-order valence-electron chi connectivity index (χ4n) is 3.17. The largest absolute Gasteiger partial charge is 0.393 e. The van der Waals surface area contributed by atoms with E-state index >= 15 is 0 Å². The first kappa shape index (κ1) is 15.3. The number of aliphatic hydroxyl groups excluding tert-OH is 1. The molecule has 5 heteroatoms. The smallest absolute Gasteiger partial charge is 0.244 e. The molecule has 2 fully saturated rings. The first-order chi connectivity index (χ1) is 9.20. The van der Waals surface area contributed by atoms with Crippen LogP contribution in [0.2, 0.25) is 0 Å². The Morgan fingerprint density at radius 2 is 1.90 bits per heavy atom. The van der Waals surface area contributed by atoms with Gasteiger partial charge in [0.25, 0.3) is 0 Å². The van der Waals surface area contributed by atoms with Crippen molar-refractivity contribution in [2.45, 2.75) is 52.7 Å². The van der Waals surface area contributed by atoms with Gasteiger partial charge < -0.3 is 15.3 Å². The summed E-state index contributed by atoms with van der Waals surface area (Å²) in [5, 5.41) is 12.7. The molecule has 2 aliphatic rings. The molecular weight excluding hydrogens is 256 g/mol. The zero-order chi connectivity index (χ0) is 15.1. The van der Waals surface area contributed by atoms with E-state index in [-0.39, 0.29) is 23.8 Å². The minimum atomic E-state index is -0.502. The highest BCUT2D eigenvalue weighted by atomic mass is 16.3. The maximum atomic E-state index is 12.4. The summed E-state index contributed by atoms with van der Waals surface area (Å²) >= 11 is 0. The van der Waals surface area contributed by atoms with E-state index in [2.05, 4.69) is 5.32 Å². The number of rotatable bonds is 2. The Bertz CT molecular complexity index is 402. The molecule has 4 unspecified atom stereocenters. The molecule has 1 aliphatic carbocycles. The van der Waals surface area contributed by atoms with E-state index < -0.39 is 11.5 Å². The van der Waals surface area contributed by atoms with Gasteiger partial charge in [0.2, 0.25) is 11.8 Å². The normalized spacial score (nSPS) is 31.1. The minimum absolute atomic E-state index is 0.0378. The summed E-state index contributed by atoms with van der Waals surface area (Å²) in [4.78, 5) is 26.1. The number of carbonyl (C=O) groups excluding carboxylic acids is 2. The van der Waals surface area contributed by atoms with E-state index in [1.54, 1.807) is 11.8 Å². The van der Waals surface area contributed by atoms with Gasteiger partial charge in [-0.2, -0.15) is 0 Å². The van der Waals surface area contributed by atoms with E-state index in [4.69, 9.17) is 0 Å². The number of fused-ring (bicyclic) bond motifs is 1. The lowest BCUT2D eigenvalue weighted by molar-refractivity contribution is -0.137. The van der Waals surface area contributed by atoms with Crippen LogP contribution in [0.1, 0.15) is 40.5 Å². The molecule has 1 heterocycles. The Kier molecular flexibility index (Phi) is 4.09. The van der Waals surface area contributed by atoms with E-state index in [1.165, 1.54) is 0 Å². The molecule has 0 aromatic carbocycles.